The lowest BCUT2D eigenvalue weighted by atomic mass is 9.69. The number of aryl methyl sites for hydroxylation is 1. The predicted molar refractivity (Wildman–Crippen MR) is 86.2 cm³/mol. The Morgan fingerprint density at radius 1 is 1.27 bits per heavy atom. The number of ether oxygens (including phenoxy) is 2. The SMILES string of the molecule is COc1cc(C)cc([C@@H]2[C@@]3(C)CC[C@]2(C(C)C)OC3=O)c1C. The molecular formula is C19H26O3. The van der Waals surface area contributed by atoms with E-state index in [0.29, 0.717) is 5.92 Å². The second-order valence-electron chi connectivity index (χ2n) is 7.53. The average molecular weight is 302 g/mol. The van der Waals surface area contributed by atoms with Crippen molar-refractivity contribution in [2.24, 2.45) is 11.3 Å². The molecule has 3 nitrogen and oxygen atoms in total. The molecule has 1 aliphatic carbocycles. The Morgan fingerprint density at radius 2 is 1.95 bits per heavy atom. The molecule has 1 aromatic rings. The van der Waals surface area contributed by atoms with Crippen molar-refractivity contribution < 1.29 is 14.3 Å². The molecule has 22 heavy (non-hydrogen) atoms. The minimum Gasteiger partial charge on any atom is -0.496 e. The number of hydrogen-bond acceptors (Lipinski definition) is 3. The maximum Gasteiger partial charge on any atom is 0.313 e. The van der Waals surface area contributed by atoms with Crippen LogP contribution in [0.1, 0.15) is 56.2 Å². The molecule has 2 bridgehead atoms. The summed E-state index contributed by atoms with van der Waals surface area (Å²) in [6.45, 7) is 10.6. The van der Waals surface area contributed by atoms with Crippen molar-refractivity contribution in [1.82, 2.24) is 0 Å². The van der Waals surface area contributed by atoms with Crippen molar-refractivity contribution >= 4 is 5.97 Å². The zero-order valence-corrected chi connectivity index (χ0v) is 14.4. The van der Waals surface area contributed by atoms with Gasteiger partial charge in [-0.2, -0.15) is 0 Å². The number of fused-ring (bicyclic) bond motifs is 2. The third-order valence-electron chi connectivity index (χ3n) is 5.96. The van der Waals surface area contributed by atoms with Crippen LogP contribution in [0.3, 0.4) is 0 Å². The molecule has 3 atom stereocenters. The fourth-order valence-electron chi connectivity index (χ4n) is 4.61. The standard InChI is InChI=1S/C19H26O3/c1-11(2)19-8-7-18(5,17(20)22-19)16(19)14-9-12(3)10-15(21-6)13(14)4/h9-11,16H,7-8H2,1-6H3/t16-,18-,19-/m1/s1. The van der Waals surface area contributed by atoms with Gasteiger partial charge in [-0.15, -0.1) is 0 Å². The van der Waals surface area contributed by atoms with Crippen LogP contribution in [0.25, 0.3) is 0 Å². The highest BCUT2D eigenvalue weighted by Gasteiger charge is 2.69. The fourth-order valence-corrected chi connectivity index (χ4v) is 4.61. The average Bonchev–Trinajstić information content (AvgIpc) is 2.87. The van der Waals surface area contributed by atoms with Crippen molar-refractivity contribution in [2.75, 3.05) is 7.11 Å². The summed E-state index contributed by atoms with van der Waals surface area (Å²) in [6.07, 6.45) is 1.86. The maximum atomic E-state index is 12.5. The van der Waals surface area contributed by atoms with Gasteiger partial charge < -0.3 is 9.47 Å². The molecule has 1 saturated heterocycles. The minimum atomic E-state index is -0.409. The molecule has 1 saturated carbocycles. The van der Waals surface area contributed by atoms with E-state index in [1.54, 1.807) is 7.11 Å². The number of methoxy groups -OCH3 is 1. The van der Waals surface area contributed by atoms with Crippen LogP contribution >= 0.6 is 0 Å². The lowest BCUT2D eigenvalue weighted by Gasteiger charge is -2.35. The molecule has 3 rings (SSSR count). The van der Waals surface area contributed by atoms with Gasteiger partial charge in [0.25, 0.3) is 0 Å². The Hall–Kier alpha value is -1.51. The van der Waals surface area contributed by atoms with E-state index in [2.05, 4.69) is 46.8 Å². The van der Waals surface area contributed by atoms with Crippen LogP contribution in [0.5, 0.6) is 5.75 Å². The molecule has 3 heteroatoms. The van der Waals surface area contributed by atoms with Crippen LogP contribution in [0, 0.1) is 25.2 Å². The zero-order valence-electron chi connectivity index (χ0n) is 14.4. The lowest BCUT2D eigenvalue weighted by molar-refractivity contribution is -0.163. The Bertz CT molecular complexity index is 634. The highest BCUT2D eigenvalue weighted by atomic mass is 16.6. The number of carbonyl (C=O) groups excluding carboxylic acids is 1. The van der Waals surface area contributed by atoms with E-state index < -0.39 is 5.41 Å². The number of benzene rings is 1. The molecule has 0 unspecified atom stereocenters. The van der Waals surface area contributed by atoms with Crippen LogP contribution in [0.15, 0.2) is 12.1 Å². The monoisotopic (exact) mass is 302 g/mol. The van der Waals surface area contributed by atoms with Gasteiger partial charge in [0.15, 0.2) is 0 Å². The number of hydrogen-bond donors (Lipinski definition) is 0. The van der Waals surface area contributed by atoms with Crippen molar-refractivity contribution in [3.63, 3.8) is 0 Å². The minimum absolute atomic E-state index is 0.0303. The molecule has 120 valence electrons. The highest BCUT2D eigenvalue weighted by molar-refractivity contribution is 5.83. The van der Waals surface area contributed by atoms with Gasteiger partial charge in [-0.3, -0.25) is 4.79 Å². The normalized spacial score (nSPS) is 33.4. The Labute approximate surface area is 133 Å². The summed E-state index contributed by atoms with van der Waals surface area (Å²) in [5, 5.41) is 0. The second kappa shape index (κ2) is 4.74. The summed E-state index contributed by atoms with van der Waals surface area (Å²) in [7, 11) is 1.70. The summed E-state index contributed by atoms with van der Waals surface area (Å²) in [5.74, 6) is 1.28. The Balaban J connectivity index is 2.23. The largest absolute Gasteiger partial charge is 0.496 e. The van der Waals surface area contributed by atoms with Crippen molar-refractivity contribution in [3.8, 4) is 5.75 Å². The molecule has 0 amide bonds. The van der Waals surface area contributed by atoms with Crippen LogP contribution in [-0.2, 0) is 9.53 Å². The molecule has 2 aliphatic rings. The van der Waals surface area contributed by atoms with Crippen molar-refractivity contribution in [3.05, 3.63) is 28.8 Å². The zero-order chi connectivity index (χ0) is 16.3. The predicted octanol–water partition coefficient (Wildman–Crippen LogP) is 4.15. The molecule has 2 fully saturated rings. The molecular weight excluding hydrogens is 276 g/mol. The van der Waals surface area contributed by atoms with E-state index in [1.807, 2.05) is 0 Å². The van der Waals surface area contributed by atoms with Gasteiger partial charge in [-0.1, -0.05) is 19.9 Å². The van der Waals surface area contributed by atoms with E-state index in [1.165, 1.54) is 11.1 Å². The molecule has 0 spiro atoms. The summed E-state index contributed by atoms with van der Waals surface area (Å²) in [5.41, 5.74) is 2.74. The summed E-state index contributed by atoms with van der Waals surface area (Å²) in [6, 6.07) is 4.27. The first kappa shape index (κ1) is 15.4. The quantitative estimate of drug-likeness (QED) is 0.787. The topological polar surface area (TPSA) is 35.5 Å². The van der Waals surface area contributed by atoms with Gasteiger partial charge in [0.05, 0.1) is 12.5 Å². The van der Waals surface area contributed by atoms with Gasteiger partial charge >= 0.3 is 5.97 Å². The number of carbonyl (C=O) groups is 1. The summed E-state index contributed by atoms with van der Waals surface area (Å²) >= 11 is 0. The third-order valence-corrected chi connectivity index (χ3v) is 5.96. The fraction of sp³-hybridized carbons (Fsp3) is 0.632. The van der Waals surface area contributed by atoms with E-state index in [-0.39, 0.29) is 17.5 Å². The summed E-state index contributed by atoms with van der Waals surface area (Å²) < 4.78 is 11.5. The third kappa shape index (κ3) is 1.77. The van der Waals surface area contributed by atoms with Gasteiger partial charge in [0.2, 0.25) is 0 Å². The highest BCUT2D eigenvalue weighted by Crippen LogP contribution is 2.65. The van der Waals surface area contributed by atoms with Gasteiger partial charge in [-0.25, -0.2) is 0 Å². The molecule has 1 aromatic carbocycles. The first-order chi connectivity index (χ1) is 10.3. The number of rotatable bonds is 3. The van der Waals surface area contributed by atoms with E-state index in [9.17, 15) is 4.79 Å². The van der Waals surface area contributed by atoms with Gasteiger partial charge in [-0.05, 0) is 62.3 Å². The molecule has 0 N–H and O–H groups in total. The van der Waals surface area contributed by atoms with E-state index in [4.69, 9.17) is 9.47 Å². The first-order valence-corrected chi connectivity index (χ1v) is 8.15. The molecule has 1 heterocycles. The van der Waals surface area contributed by atoms with Crippen LogP contribution in [0.4, 0.5) is 0 Å². The van der Waals surface area contributed by atoms with Crippen molar-refractivity contribution in [2.45, 2.75) is 59.0 Å². The van der Waals surface area contributed by atoms with Crippen LogP contribution in [0.2, 0.25) is 0 Å². The van der Waals surface area contributed by atoms with Gasteiger partial charge in [0, 0.05) is 5.92 Å². The smallest absolute Gasteiger partial charge is 0.313 e. The van der Waals surface area contributed by atoms with Crippen LogP contribution in [-0.4, -0.2) is 18.7 Å². The van der Waals surface area contributed by atoms with Crippen LogP contribution < -0.4 is 4.74 Å². The van der Waals surface area contributed by atoms with Crippen molar-refractivity contribution in [1.29, 1.82) is 0 Å². The summed E-state index contributed by atoms with van der Waals surface area (Å²) in [4.78, 5) is 12.5. The molecule has 0 aromatic heterocycles. The van der Waals surface area contributed by atoms with E-state index in [0.717, 1.165) is 24.2 Å². The molecule has 0 radical (unpaired) electrons. The second-order valence-corrected chi connectivity index (χ2v) is 7.53. The number of esters is 1. The Kier molecular flexibility index (Phi) is 3.32. The van der Waals surface area contributed by atoms with E-state index >= 15 is 0 Å². The Morgan fingerprint density at radius 3 is 2.50 bits per heavy atom. The molecule has 1 aliphatic heterocycles. The van der Waals surface area contributed by atoms with Gasteiger partial charge in [0.1, 0.15) is 11.4 Å². The maximum absolute atomic E-state index is 12.5. The lowest BCUT2D eigenvalue weighted by Crippen LogP contribution is -2.38. The first-order valence-electron chi connectivity index (χ1n) is 8.15.